The lowest BCUT2D eigenvalue weighted by atomic mass is 10.1. The summed E-state index contributed by atoms with van der Waals surface area (Å²) in [6, 6.07) is 4.27. The van der Waals surface area contributed by atoms with Gasteiger partial charge in [0.2, 0.25) is 11.1 Å². The van der Waals surface area contributed by atoms with Gasteiger partial charge in [0.25, 0.3) is 0 Å². The SMILES string of the molecule is CCc1nnc(SCC(=O)NC2CCCCCC2)n1-n1cccc1. The molecule has 2 aromatic heterocycles. The molecule has 0 atom stereocenters. The summed E-state index contributed by atoms with van der Waals surface area (Å²) in [6.45, 7) is 2.05. The average Bonchev–Trinajstić information content (AvgIpc) is 3.17. The van der Waals surface area contributed by atoms with Crippen molar-refractivity contribution in [3.05, 3.63) is 30.4 Å². The molecule has 0 unspecified atom stereocenters. The van der Waals surface area contributed by atoms with Gasteiger partial charge in [-0.25, -0.2) is 4.68 Å². The smallest absolute Gasteiger partial charge is 0.230 e. The van der Waals surface area contributed by atoms with E-state index >= 15 is 0 Å². The van der Waals surface area contributed by atoms with Gasteiger partial charge in [-0.15, -0.1) is 10.2 Å². The summed E-state index contributed by atoms with van der Waals surface area (Å²) < 4.78 is 3.91. The predicted molar refractivity (Wildman–Crippen MR) is 95.0 cm³/mol. The zero-order valence-electron chi connectivity index (χ0n) is 14.1. The lowest BCUT2D eigenvalue weighted by molar-refractivity contribution is -0.119. The van der Waals surface area contributed by atoms with Gasteiger partial charge in [0.15, 0.2) is 5.82 Å². The Morgan fingerprint density at radius 3 is 2.58 bits per heavy atom. The molecule has 0 aliphatic heterocycles. The van der Waals surface area contributed by atoms with Crippen molar-refractivity contribution < 1.29 is 4.79 Å². The van der Waals surface area contributed by atoms with Crippen LogP contribution in [0.2, 0.25) is 0 Å². The van der Waals surface area contributed by atoms with Gasteiger partial charge < -0.3 is 5.32 Å². The number of carbonyl (C=O) groups is 1. The van der Waals surface area contributed by atoms with E-state index < -0.39 is 0 Å². The second-order valence-electron chi connectivity index (χ2n) is 6.17. The molecule has 24 heavy (non-hydrogen) atoms. The largest absolute Gasteiger partial charge is 0.353 e. The normalized spacial score (nSPS) is 16.0. The standard InChI is InChI=1S/C17H25N5OS/c1-2-15-19-20-17(22(15)21-11-7-8-12-21)24-13-16(23)18-14-9-5-3-4-6-10-14/h7-8,11-12,14H,2-6,9-10,13H2,1H3,(H,18,23). The fourth-order valence-corrected chi connectivity index (χ4v) is 3.88. The van der Waals surface area contributed by atoms with E-state index in [1.54, 1.807) is 0 Å². The van der Waals surface area contributed by atoms with Crippen LogP contribution in [-0.2, 0) is 11.2 Å². The van der Waals surface area contributed by atoms with Gasteiger partial charge in [0, 0.05) is 24.9 Å². The zero-order chi connectivity index (χ0) is 16.8. The molecule has 0 aromatic carbocycles. The molecule has 1 aliphatic rings. The van der Waals surface area contributed by atoms with Crippen LogP contribution < -0.4 is 5.32 Å². The molecule has 7 heteroatoms. The van der Waals surface area contributed by atoms with E-state index in [9.17, 15) is 4.79 Å². The molecule has 0 radical (unpaired) electrons. The number of aromatic nitrogens is 4. The molecule has 1 aliphatic carbocycles. The first kappa shape index (κ1) is 17.1. The average molecular weight is 347 g/mol. The molecule has 0 spiro atoms. The van der Waals surface area contributed by atoms with E-state index in [0.717, 1.165) is 30.2 Å². The van der Waals surface area contributed by atoms with E-state index in [4.69, 9.17) is 0 Å². The Morgan fingerprint density at radius 1 is 1.21 bits per heavy atom. The number of aryl methyl sites for hydroxylation is 1. The van der Waals surface area contributed by atoms with E-state index in [1.165, 1.54) is 37.4 Å². The van der Waals surface area contributed by atoms with E-state index in [1.807, 2.05) is 33.9 Å². The van der Waals surface area contributed by atoms with Gasteiger partial charge >= 0.3 is 0 Å². The number of hydrogen-bond donors (Lipinski definition) is 1. The lowest BCUT2D eigenvalue weighted by Gasteiger charge is -2.16. The fourth-order valence-electron chi connectivity index (χ4n) is 3.12. The zero-order valence-corrected chi connectivity index (χ0v) is 15.0. The number of nitrogens with one attached hydrogen (secondary N) is 1. The van der Waals surface area contributed by atoms with Crippen molar-refractivity contribution >= 4 is 17.7 Å². The van der Waals surface area contributed by atoms with Crippen molar-refractivity contribution in [1.82, 2.24) is 24.9 Å². The summed E-state index contributed by atoms with van der Waals surface area (Å²) >= 11 is 1.44. The minimum Gasteiger partial charge on any atom is -0.353 e. The number of carbonyl (C=O) groups excluding carboxylic acids is 1. The Hall–Kier alpha value is -1.76. The van der Waals surface area contributed by atoms with E-state index in [-0.39, 0.29) is 5.91 Å². The Labute approximate surface area is 147 Å². The van der Waals surface area contributed by atoms with Crippen LogP contribution in [0.15, 0.2) is 29.7 Å². The quantitative estimate of drug-likeness (QED) is 0.645. The maximum atomic E-state index is 12.3. The number of thioether (sulfide) groups is 1. The highest BCUT2D eigenvalue weighted by Crippen LogP contribution is 2.20. The van der Waals surface area contributed by atoms with Crippen molar-refractivity contribution in [3.63, 3.8) is 0 Å². The molecule has 3 rings (SSSR count). The first-order chi connectivity index (χ1) is 11.8. The van der Waals surface area contributed by atoms with Gasteiger partial charge in [-0.3, -0.25) is 9.47 Å². The highest BCUT2D eigenvalue weighted by atomic mass is 32.2. The Morgan fingerprint density at radius 2 is 1.92 bits per heavy atom. The molecule has 1 fully saturated rings. The molecule has 2 heterocycles. The number of nitrogens with zero attached hydrogens (tertiary/aromatic N) is 4. The van der Waals surface area contributed by atoms with E-state index in [2.05, 4.69) is 22.4 Å². The summed E-state index contributed by atoms with van der Waals surface area (Å²) in [6.07, 6.45) is 11.9. The Kier molecular flexibility index (Phi) is 5.96. The molecular weight excluding hydrogens is 322 g/mol. The molecule has 0 saturated heterocycles. The maximum absolute atomic E-state index is 12.3. The number of rotatable bonds is 6. The highest BCUT2D eigenvalue weighted by Gasteiger charge is 2.17. The van der Waals surface area contributed by atoms with Crippen LogP contribution in [0.1, 0.15) is 51.3 Å². The van der Waals surface area contributed by atoms with Gasteiger partial charge in [0.1, 0.15) is 0 Å². The van der Waals surface area contributed by atoms with Crippen molar-refractivity contribution in [3.8, 4) is 0 Å². The molecule has 130 valence electrons. The first-order valence-electron chi connectivity index (χ1n) is 8.78. The minimum atomic E-state index is 0.0898. The monoisotopic (exact) mass is 347 g/mol. The van der Waals surface area contributed by atoms with Crippen molar-refractivity contribution in [2.45, 2.75) is 63.1 Å². The van der Waals surface area contributed by atoms with Crippen LogP contribution in [0.3, 0.4) is 0 Å². The molecule has 2 aromatic rings. The summed E-state index contributed by atoms with van der Waals surface area (Å²) in [4.78, 5) is 12.3. The maximum Gasteiger partial charge on any atom is 0.230 e. The van der Waals surface area contributed by atoms with E-state index in [0.29, 0.717) is 11.8 Å². The van der Waals surface area contributed by atoms with Gasteiger partial charge in [-0.2, -0.15) is 0 Å². The van der Waals surface area contributed by atoms with Crippen molar-refractivity contribution in [1.29, 1.82) is 0 Å². The van der Waals surface area contributed by atoms with Crippen LogP contribution in [-0.4, -0.2) is 37.3 Å². The third kappa shape index (κ3) is 4.20. The van der Waals surface area contributed by atoms with Crippen LogP contribution >= 0.6 is 11.8 Å². The molecule has 1 N–H and O–H groups in total. The topological polar surface area (TPSA) is 64.7 Å². The highest BCUT2D eigenvalue weighted by molar-refractivity contribution is 7.99. The number of amides is 1. The van der Waals surface area contributed by atoms with Gasteiger partial charge in [0.05, 0.1) is 5.75 Å². The van der Waals surface area contributed by atoms with Crippen LogP contribution in [0, 0.1) is 0 Å². The Bertz CT molecular complexity index is 644. The third-order valence-corrected chi connectivity index (χ3v) is 5.28. The predicted octanol–water partition coefficient (Wildman–Crippen LogP) is 2.88. The van der Waals surface area contributed by atoms with Crippen molar-refractivity contribution in [2.75, 3.05) is 5.75 Å². The van der Waals surface area contributed by atoms with Crippen LogP contribution in [0.5, 0.6) is 0 Å². The fraction of sp³-hybridized carbons (Fsp3) is 0.588. The molecule has 1 saturated carbocycles. The molecular formula is C17H25N5OS. The number of hydrogen-bond acceptors (Lipinski definition) is 4. The van der Waals surface area contributed by atoms with Crippen LogP contribution in [0.4, 0.5) is 0 Å². The third-order valence-electron chi connectivity index (χ3n) is 4.37. The first-order valence-corrected chi connectivity index (χ1v) is 9.76. The molecule has 1 amide bonds. The Balaban J connectivity index is 1.60. The van der Waals surface area contributed by atoms with Gasteiger partial charge in [-0.05, 0) is 25.0 Å². The summed E-state index contributed by atoms with van der Waals surface area (Å²) in [7, 11) is 0. The minimum absolute atomic E-state index is 0.0898. The summed E-state index contributed by atoms with van der Waals surface area (Å²) in [5.41, 5.74) is 0. The molecule has 6 nitrogen and oxygen atoms in total. The second-order valence-corrected chi connectivity index (χ2v) is 7.11. The summed E-state index contributed by atoms with van der Waals surface area (Å²) in [5, 5.41) is 12.4. The van der Waals surface area contributed by atoms with Crippen LogP contribution in [0.25, 0.3) is 0 Å². The molecule has 0 bridgehead atoms. The summed E-state index contributed by atoms with van der Waals surface area (Å²) in [5.74, 6) is 1.35. The second kappa shape index (κ2) is 8.37. The van der Waals surface area contributed by atoms with Gasteiger partial charge in [-0.1, -0.05) is 44.4 Å². The lowest BCUT2D eigenvalue weighted by Crippen LogP contribution is -2.35. The van der Waals surface area contributed by atoms with Crippen molar-refractivity contribution in [2.24, 2.45) is 0 Å².